The minimum atomic E-state index is 0.338. The van der Waals surface area contributed by atoms with Crippen molar-refractivity contribution < 1.29 is 0 Å². The molecule has 3 rings (SSSR count). The summed E-state index contributed by atoms with van der Waals surface area (Å²) in [5.41, 5.74) is 1.48. The second kappa shape index (κ2) is 4.60. The van der Waals surface area contributed by atoms with Crippen LogP contribution in [0.1, 0.15) is 0 Å². The average Bonchev–Trinajstić information content (AvgIpc) is 2.73. The lowest BCUT2D eigenvalue weighted by molar-refractivity contribution is 1.11. The second-order valence-electron chi connectivity index (χ2n) is 3.59. The summed E-state index contributed by atoms with van der Waals surface area (Å²) in [5.74, 6) is 0.719. The lowest BCUT2D eigenvalue weighted by Crippen LogP contribution is -1.91. The summed E-state index contributed by atoms with van der Waals surface area (Å²) in [6, 6.07) is 5.90. The molecule has 0 aliphatic carbocycles. The minimum Gasteiger partial charge on any atom is -0.278 e. The molecule has 1 aromatic carbocycles. The molecule has 0 fully saturated rings. The number of nitrogens with zero attached hydrogens (tertiary/aromatic N) is 4. The molecule has 0 aliphatic rings. The van der Waals surface area contributed by atoms with Crippen molar-refractivity contribution in [2.75, 3.05) is 0 Å². The van der Waals surface area contributed by atoms with Crippen molar-refractivity contribution in [1.29, 1.82) is 0 Å². The Morgan fingerprint density at radius 1 is 1.06 bits per heavy atom. The Hall–Kier alpha value is -0.980. The molecule has 0 N–H and O–H groups in total. The second-order valence-corrected chi connectivity index (χ2v) is 5.78. The summed E-state index contributed by atoms with van der Waals surface area (Å²) in [5, 5.41) is 8.54. The van der Waals surface area contributed by atoms with Gasteiger partial charge in [-0.15, -0.1) is 10.2 Å². The van der Waals surface area contributed by atoms with Crippen LogP contribution >= 0.6 is 43.5 Å². The van der Waals surface area contributed by atoms with Crippen molar-refractivity contribution in [3.05, 3.63) is 44.7 Å². The lowest BCUT2D eigenvalue weighted by Gasteiger charge is -2.02. The molecule has 90 valence electrons. The number of benzene rings is 1. The molecule has 0 bridgehead atoms. The highest BCUT2D eigenvalue weighted by molar-refractivity contribution is 9.11. The quantitative estimate of drug-likeness (QED) is 0.634. The average molecular weight is 388 g/mol. The third-order valence-electron chi connectivity index (χ3n) is 2.40. The number of aromatic nitrogens is 4. The van der Waals surface area contributed by atoms with Crippen molar-refractivity contribution in [3.8, 4) is 11.4 Å². The SMILES string of the molecule is Clc1nccn2c(-c3cc(Br)cc(Br)c3)nnc12. The van der Waals surface area contributed by atoms with Gasteiger partial charge in [0.2, 0.25) is 0 Å². The zero-order valence-corrected chi connectivity index (χ0v) is 12.7. The molecule has 0 aliphatic heterocycles. The van der Waals surface area contributed by atoms with Gasteiger partial charge in [-0.05, 0) is 18.2 Å². The smallest absolute Gasteiger partial charge is 0.198 e. The first kappa shape index (κ1) is 12.1. The first-order chi connectivity index (χ1) is 8.65. The molecule has 0 saturated carbocycles. The lowest BCUT2D eigenvalue weighted by atomic mass is 10.2. The molecule has 0 saturated heterocycles. The number of halogens is 3. The molecule has 7 heteroatoms. The fourth-order valence-electron chi connectivity index (χ4n) is 1.68. The van der Waals surface area contributed by atoms with E-state index < -0.39 is 0 Å². The fraction of sp³-hybridized carbons (Fsp3) is 0. The van der Waals surface area contributed by atoms with Gasteiger partial charge in [0.1, 0.15) is 0 Å². The van der Waals surface area contributed by atoms with Crippen LogP contribution in [0, 0.1) is 0 Å². The molecule has 0 spiro atoms. The Morgan fingerprint density at radius 2 is 1.78 bits per heavy atom. The monoisotopic (exact) mass is 386 g/mol. The number of rotatable bonds is 1. The summed E-state index contributed by atoms with van der Waals surface area (Å²) in [6.45, 7) is 0. The Bertz CT molecular complexity index is 721. The van der Waals surface area contributed by atoms with Crippen LogP contribution < -0.4 is 0 Å². The van der Waals surface area contributed by atoms with Gasteiger partial charge in [-0.1, -0.05) is 43.5 Å². The van der Waals surface area contributed by atoms with Gasteiger partial charge in [0.05, 0.1) is 0 Å². The van der Waals surface area contributed by atoms with E-state index in [1.165, 1.54) is 0 Å². The van der Waals surface area contributed by atoms with Gasteiger partial charge in [0.15, 0.2) is 16.6 Å². The third-order valence-corrected chi connectivity index (χ3v) is 3.59. The topological polar surface area (TPSA) is 43.1 Å². The van der Waals surface area contributed by atoms with E-state index in [9.17, 15) is 0 Å². The molecule has 0 unspecified atom stereocenters. The van der Waals surface area contributed by atoms with E-state index in [1.54, 1.807) is 12.4 Å². The Morgan fingerprint density at radius 3 is 2.50 bits per heavy atom. The van der Waals surface area contributed by atoms with Crippen LogP contribution in [-0.2, 0) is 0 Å². The number of hydrogen-bond acceptors (Lipinski definition) is 3. The maximum Gasteiger partial charge on any atom is 0.198 e. The van der Waals surface area contributed by atoms with Gasteiger partial charge < -0.3 is 0 Å². The summed E-state index contributed by atoms with van der Waals surface area (Å²) in [7, 11) is 0. The zero-order chi connectivity index (χ0) is 12.7. The van der Waals surface area contributed by atoms with Gasteiger partial charge in [-0.3, -0.25) is 4.40 Å². The molecular weight excluding hydrogens is 383 g/mol. The highest BCUT2D eigenvalue weighted by Gasteiger charge is 2.11. The normalized spacial score (nSPS) is 11.1. The summed E-state index contributed by atoms with van der Waals surface area (Å²) < 4.78 is 3.73. The largest absolute Gasteiger partial charge is 0.278 e. The van der Waals surface area contributed by atoms with Crippen molar-refractivity contribution in [2.45, 2.75) is 0 Å². The molecule has 0 atom stereocenters. The summed E-state index contributed by atoms with van der Waals surface area (Å²) >= 11 is 12.9. The van der Waals surface area contributed by atoms with Gasteiger partial charge in [0, 0.05) is 26.9 Å². The molecule has 2 heterocycles. The van der Waals surface area contributed by atoms with E-state index >= 15 is 0 Å². The van der Waals surface area contributed by atoms with Crippen molar-refractivity contribution in [1.82, 2.24) is 19.6 Å². The number of hydrogen-bond donors (Lipinski definition) is 0. The molecule has 0 radical (unpaired) electrons. The van der Waals surface area contributed by atoms with E-state index in [1.807, 2.05) is 22.6 Å². The Kier molecular flexibility index (Phi) is 3.09. The first-order valence-corrected chi connectivity index (χ1v) is 6.93. The molecule has 4 nitrogen and oxygen atoms in total. The zero-order valence-electron chi connectivity index (χ0n) is 8.81. The predicted molar refractivity (Wildman–Crippen MR) is 76.6 cm³/mol. The third kappa shape index (κ3) is 2.04. The first-order valence-electron chi connectivity index (χ1n) is 4.97. The van der Waals surface area contributed by atoms with Gasteiger partial charge in [-0.2, -0.15) is 0 Å². The van der Waals surface area contributed by atoms with Crippen LogP contribution in [0.3, 0.4) is 0 Å². The van der Waals surface area contributed by atoms with E-state index in [2.05, 4.69) is 47.0 Å². The summed E-state index contributed by atoms with van der Waals surface area (Å²) in [4.78, 5) is 3.97. The van der Waals surface area contributed by atoms with Crippen LogP contribution in [0.25, 0.3) is 17.0 Å². The highest BCUT2D eigenvalue weighted by atomic mass is 79.9. The Labute approximate surface area is 124 Å². The van der Waals surface area contributed by atoms with E-state index in [-0.39, 0.29) is 0 Å². The molecule has 18 heavy (non-hydrogen) atoms. The van der Waals surface area contributed by atoms with Crippen LogP contribution in [0.2, 0.25) is 5.15 Å². The van der Waals surface area contributed by atoms with Crippen LogP contribution in [-0.4, -0.2) is 19.6 Å². The summed E-state index contributed by atoms with van der Waals surface area (Å²) in [6.07, 6.45) is 3.40. The number of fused-ring (bicyclic) bond motifs is 1. The van der Waals surface area contributed by atoms with Gasteiger partial charge >= 0.3 is 0 Å². The van der Waals surface area contributed by atoms with Gasteiger partial charge in [-0.25, -0.2) is 4.98 Å². The van der Waals surface area contributed by atoms with E-state index in [0.717, 1.165) is 20.3 Å². The molecule has 0 amide bonds. The van der Waals surface area contributed by atoms with Gasteiger partial charge in [0.25, 0.3) is 0 Å². The van der Waals surface area contributed by atoms with Crippen LogP contribution in [0.15, 0.2) is 39.5 Å². The van der Waals surface area contributed by atoms with Crippen molar-refractivity contribution in [2.24, 2.45) is 0 Å². The highest BCUT2D eigenvalue weighted by Crippen LogP contribution is 2.27. The van der Waals surface area contributed by atoms with Crippen molar-refractivity contribution in [3.63, 3.8) is 0 Å². The molecule has 3 aromatic rings. The molecule has 2 aromatic heterocycles. The van der Waals surface area contributed by atoms with Crippen molar-refractivity contribution >= 4 is 49.1 Å². The predicted octanol–water partition coefficient (Wildman–Crippen LogP) is 3.97. The van der Waals surface area contributed by atoms with E-state index in [0.29, 0.717) is 10.8 Å². The minimum absolute atomic E-state index is 0.338. The fourth-order valence-corrected chi connectivity index (χ4v) is 3.16. The standard InChI is InChI=1S/C11H5Br2ClN4/c12-7-3-6(4-8(13)5-7)10-16-17-11-9(14)15-1-2-18(10)11/h1-5H. The van der Waals surface area contributed by atoms with E-state index in [4.69, 9.17) is 11.6 Å². The van der Waals surface area contributed by atoms with Crippen LogP contribution in [0.5, 0.6) is 0 Å². The molecular formula is C11H5Br2ClN4. The maximum atomic E-state index is 5.97. The van der Waals surface area contributed by atoms with Crippen LogP contribution in [0.4, 0.5) is 0 Å². The maximum absolute atomic E-state index is 5.97. The Balaban J connectivity index is 2.29.